The van der Waals surface area contributed by atoms with Gasteiger partial charge in [-0.3, -0.25) is 0 Å². The zero-order valence-electron chi connectivity index (χ0n) is 17.5. The molecular weight excluding hydrogens is 469 g/mol. The quantitative estimate of drug-likeness (QED) is 0.557. The second kappa shape index (κ2) is 7.93. The normalized spacial score (nSPS) is 23.9. The number of rotatable bonds is 5. The molecule has 0 bridgehead atoms. The minimum Gasteiger partial charge on any atom is -0.496 e. The van der Waals surface area contributed by atoms with Gasteiger partial charge in [0.25, 0.3) is 5.92 Å². The molecule has 3 rings (SSSR count). The molecule has 0 amide bonds. The Hall–Kier alpha value is -1.76. The summed E-state index contributed by atoms with van der Waals surface area (Å²) in [5.41, 5.74) is -1.65. The van der Waals surface area contributed by atoms with Crippen molar-refractivity contribution >= 4 is 15.7 Å². The molecule has 1 heterocycles. The van der Waals surface area contributed by atoms with Crippen molar-refractivity contribution in [2.75, 3.05) is 25.6 Å². The van der Waals surface area contributed by atoms with Crippen molar-refractivity contribution < 1.29 is 43.9 Å². The number of fused-ring (bicyclic) bond motifs is 1. The minimum atomic E-state index is -4.90. The number of hydrogen-bond acceptors (Lipinski definition) is 4. The zero-order chi connectivity index (χ0) is 24.3. The van der Waals surface area contributed by atoms with Crippen LogP contribution in [0.2, 0.25) is 0 Å². The molecular formula is C19H23F7N2O3S. The van der Waals surface area contributed by atoms with Crippen LogP contribution in [0.1, 0.15) is 38.2 Å². The van der Waals surface area contributed by atoms with Gasteiger partial charge in [0, 0.05) is 51.0 Å². The van der Waals surface area contributed by atoms with Crippen molar-refractivity contribution in [1.82, 2.24) is 4.31 Å². The van der Waals surface area contributed by atoms with Gasteiger partial charge in [0.15, 0.2) is 0 Å². The zero-order valence-corrected chi connectivity index (χ0v) is 18.3. The van der Waals surface area contributed by atoms with Crippen molar-refractivity contribution in [3.63, 3.8) is 0 Å². The molecule has 32 heavy (non-hydrogen) atoms. The maximum atomic E-state index is 13.6. The van der Waals surface area contributed by atoms with Gasteiger partial charge >= 0.3 is 6.18 Å². The number of sulfonamides is 1. The lowest BCUT2D eigenvalue weighted by Crippen LogP contribution is -2.54. The molecule has 1 saturated carbocycles. The van der Waals surface area contributed by atoms with Gasteiger partial charge in [-0.1, -0.05) is 0 Å². The lowest BCUT2D eigenvalue weighted by molar-refractivity contribution is -0.138. The number of halogens is 7. The van der Waals surface area contributed by atoms with Crippen LogP contribution in [-0.2, 0) is 16.2 Å². The summed E-state index contributed by atoms with van der Waals surface area (Å²) >= 11 is 0. The van der Waals surface area contributed by atoms with Crippen molar-refractivity contribution in [1.29, 1.82) is 0 Å². The van der Waals surface area contributed by atoms with E-state index in [2.05, 4.69) is 0 Å². The van der Waals surface area contributed by atoms with Gasteiger partial charge < -0.3 is 9.64 Å². The molecule has 2 aliphatic rings. The lowest BCUT2D eigenvalue weighted by Gasteiger charge is -2.44. The number of ether oxygens (including phenoxy) is 1. The smallest absolute Gasteiger partial charge is 0.420 e. The SMILES string of the molecule is COc1cc2c(cc1C(F)(F)F)N(C1CC(F)(F)C1)CC(CCC(C)(F)F)N(C)S2(=O)=O. The van der Waals surface area contributed by atoms with Crippen LogP contribution in [0.5, 0.6) is 5.75 Å². The van der Waals surface area contributed by atoms with Gasteiger partial charge in [0.1, 0.15) is 10.6 Å². The highest BCUT2D eigenvalue weighted by atomic mass is 32.2. The highest BCUT2D eigenvalue weighted by Crippen LogP contribution is 2.48. The number of likely N-dealkylation sites (N-methyl/N-ethyl adjacent to an activating group) is 1. The molecule has 1 aliphatic carbocycles. The fourth-order valence-electron chi connectivity index (χ4n) is 4.05. The molecule has 5 nitrogen and oxygen atoms in total. The second-order valence-corrected chi connectivity index (χ2v) is 10.3. The van der Waals surface area contributed by atoms with Gasteiger partial charge in [-0.05, 0) is 19.4 Å². The van der Waals surface area contributed by atoms with Crippen LogP contribution in [0.4, 0.5) is 36.4 Å². The molecule has 1 aromatic carbocycles. The van der Waals surface area contributed by atoms with E-state index in [0.29, 0.717) is 19.1 Å². The Morgan fingerprint density at radius 2 is 1.75 bits per heavy atom. The maximum Gasteiger partial charge on any atom is 0.420 e. The van der Waals surface area contributed by atoms with E-state index in [9.17, 15) is 39.2 Å². The average Bonchev–Trinajstić information content (AvgIpc) is 2.70. The van der Waals surface area contributed by atoms with Crippen molar-refractivity contribution in [2.24, 2.45) is 0 Å². The molecule has 0 spiro atoms. The van der Waals surface area contributed by atoms with Crippen LogP contribution in [0.25, 0.3) is 0 Å². The summed E-state index contributed by atoms with van der Waals surface area (Å²) in [4.78, 5) is 0.631. The van der Waals surface area contributed by atoms with Gasteiger partial charge in [0.05, 0.1) is 18.4 Å². The molecule has 0 saturated heterocycles. The minimum absolute atomic E-state index is 0.302. The van der Waals surface area contributed by atoms with E-state index in [1.54, 1.807) is 0 Å². The monoisotopic (exact) mass is 492 g/mol. The Labute approximate surface area is 181 Å². The summed E-state index contributed by atoms with van der Waals surface area (Å²) in [7, 11) is -2.35. The number of alkyl halides is 7. The first-order valence-corrected chi connectivity index (χ1v) is 11.2. The van der Waals surface area contributed by atoms with Crippen LogP contribution in [0.3, 0.4) is 0 Å². The Morgan fingerprint density at radius 3 is 2.22 bits per heavy atom. The molecule has 1 atom stereocenters. The molecule has 0 aromatic heterocycles. The predicted octanol–water partition coefficient (Wildman–Crippen LogP) is 4.76. The highest BCUT2D eigenvalue weighted by Gasteiger charge is 2.51. The van der Waals surface area contributed by atoms with E-state index in [-0.39, 0.29) is 13.0 Å². The third kappa shape index (κ3) is 4.78. The van der Waals surface area contributed by atoms with Gasteiger partial charge in [0.2, 0.25) is 15.9 Å². The third-order valence-electron chi connectivity index (χ3n) is 5.90. The molecule has 1 aliphatic heterocycles. The Bertz CT molecular complexity index is 968. The van der Waals surface area contributed by atoms with Crippen LogP contribution in [0, 0.1) is 0 Å². The fraction of sp³-hybridized carbons (Fsp3) is 0.684. The van der Waals surface area contributed by atoms with E-state index >= 15 is 0 Å². The summed E-state index contributed by atoms with van der Waals surface area (Å²) in [5, 5.41) is 0. The Balaban J connectivity index is 2.17. The number of nitrogens with zero attached hydrogens (tertiary/aromatic N) is 2. The number of hydrogen-bond donors (Lipinski definition) is 0. The number of methoxy groups -OCH3 is 1. The van der Waals surface area contributed by atoms with E-state index in [1.165, 1.54) is 4.90 Å². The summed E-state index contributed by atoms with van der Waals surface area (Å²) in [6, 6.07) is -0.713. The van der Waals surface area contributed by atoms with E-state index in [4.69, 9.17) is 4.74 Å². The number of anilines is 1. The van der Waals surface area contributed by atoms with Crippen LogP contribution < -0.4 is 9.64 Å². The Morgan fingerprint density at radius 1 is 1.16 bits per heavy atom. The molecule has 0 radical (unpaired) electrons. The van der Waals surface area contributed by atoms with E-state index in [1.807, 2.05) is 0 Å². The van der Waals surface area contributed by atoms with E-state index < -0.39 is 81.3 Å². The molecule has 1 fully saturated rings. The first-order valence-electron chi connectivity index (χ1n) is 9.76. The molecule has 182 valence electrons. The van der Waals surface area contributed by atoms with Gasteiger partial charge in [-0.15, -0.1) is 0 Å². The molecule has 0 N–H and O–H groups in total. The van der Waals surface area contributed by atoms with Crippen LogP contribution in [0.15, 0.2) is 17.0 Å². The molecule has 1 unspecified atom stereocenters. The van der Waals surface area contributed by atoms with Crippen LogP contribution >= 0.6 is 0 Å². The first kappa shape index (κ1) is 24.9. The van der Waals surface area contributed by atoms with E-state index in [0.717, 1.165) is 18.5 Å². The predicted molar refractivity (Wildman–Crippen MR) is 102 cm³/mol. The highest BCUT2D eigenvalue weighted by molar-refractivity contribution is 7.89. The maximum absolute atomic E-state index is 13.6. The van der Waals surface area contributed by atoms with Crippen molar-refractivity contribution in [2.45, 2.75) is 67.6 Å². The standard InChI is InChI=1S/C19H23F7N2O3S/c1-17(20,21)5-4-11-10-28(12-8-18(22,23)9-12)14-6-13(19(24,25)26)15(31-3)7-16(14)32(29,30)27(11)2/h6-7,11-12H,4-5,8-10H2,1-3H3. The second-order valence-electron chi connectivity index (χ2n) is 8.37. The van der Waals surface area contributed by atoms with Gasteiger partial charge in [-0.25, -0.2) is 26.0 Å². The third-order valence-corrected chi connectivity index (χ3v) is 7.84. The summed E-state index contributed by atoms with van der Waals surface area (Å²) in [6.07, 6.45) is -7.25. The largest absolute Gasteiger partial charge is 0.496 e. The molecule has 13 heteroatoms. The average molecular weight is 492 g/mol. The Kier molecular flexibility index (Phi) is 6.16. The fourth-order valence-corrected chi connectivity index (χ4v) is 5.62. The topological polar surface area (TPSA) is 49.9 Å². The van der Waals surface area contributed by atoms with Crippen molar-refractivity contribution in [3.05, 3.63) is 17.7 Å². The molecule has 1 aromatic rings. The summed E-state index contributed by atoms with van der Waals surface area (Å²) in [6.45, 7) is 0.362. The van der Waals surface area contributed by atoms with Crippen molar-refractivity contribution in [3.8, 4) is 5.75 Å². The summed E-state index contributed by atoms with van der Waals surface area (Å²) < 4.78 is 127. The number of benzene rings is 1. The van der Waals surface area contributed by atoms with Gasteiger partial charge in [-0.2, -0.15) is 17.5 Å². The van der Waals surface area contributed by atoms with Crippen LogP contribution in [-0.4, -0.2) is 57.4 Å². The lowest BCUT2D eigenvalue weighted by atomic mass is 9.86. The summed E-state index contributed by atoms with van der Waals surface area (Å²) in [5.74, 6) is -6.89. The first-order chi connectivity index (χ1) is 14.5.